The summed E-state index contributed by atoms with van der Waals surface area (Å²) in [5.74, 6) is 0. The quantitative estimate of drug-likeness (QED) is 0.834. The van der Waals surface area contributed by atoms with Gasteiger partial charge in [0.2, 0.25) is 0 Å². The molecule has 0 amide bonds. The van der Waals surface area contributed by atoms with E-state index in [-0.39, 0.29) is 0 Å². The van der Waals surface area contributed by atoms with E-state index in [1.165, 1.54) is 11.3 Å². The van der Waals surface area contributed by atoms with E-state index in [4.69, 9.17) is 0 Å². The van der Waals surface area contributed by atoms with Crippen molar-refractivity contribution in [1.82, 2.24) is 4.98 Å². The van der Waals surface area contributed by atoms with E-state index in [0.717, 1.165) is 24.9 Å². The third kappa shape index (κ3) is 2.25. The Morgan fingerprint density at radius 2 is 2.15 bits per heavy atom. The van der Waals surface area contributed by atoms with Gasteiger partial charge in [-0.25, -0.2) is 4.98 Å². The Kier molecular flexibility index (Phi) is 3.39. The van der Waals surface area contributed by atoms with Crippen molar-refractivity contribution in [3.63, 3.8) is 0 Å². The van der Waals surface area contributed by atoms with Crippen LogP contribution in [-0.4, -0.2) is 11.0 Å². The Labute approximate surface area is 119 Å². The number of aromatic nitrogens is 1. The molecule has 0 bridgehead atoms. The molecule has 0 spiro atoms. The van der Waals surface area contributed by atoms with Crippen LogP contribution in [0.15, 0.2) is 42.6 Å². The van der Waals surface area contributed by atoms with E-state index in [1.807, 2.05) is 12.1 Å². The van der Waals surface area contributed by atoms with Crippen molar-refractivity contribution in [3.05, 3.63) is 59.4 Å². The summed E-state index contributed by atoms with van der Waals surface area (Å²) in [5, 5.41) is 9.18. The van der Waals surface area contributed by atoms with Gasteiger partial charge in [-0.1, -0.05) is 24.3 Å². The predicted octanol–water partition coefficient (Wildman–Crippen LogP) is 3.29. The average Bonchev–Trinajstić information content (AvgIpc) is 2.50. The summed E-state index contributed by atoms with van der Waals surface area (Å²) in [4.78, 5) is 6.54. The van der Waals surface area contributed by atoms with Gasteiger partial charge in [0.25, 0.3) is 0 Å². The van der Waals surface area contributed by atoms with Gasteiger partial charge in [0.15, 0.2) is 0 Å². The number of pyridine rings is 1. The predicted molar refractivity (Wildman–Crippen MR) is 79.4 cm³/mol. The molecule has 0 saturated carbocycles. The van der Waals surface area contributed by atoms with Crippen LogP contribution in [0.5, 0.6) is 0 Å². The number of anilines is 1. The maximum Gasteiger partial charge on any atom is 0.145 e. The number of nitriles is 1. The summed E-state index contributed by atoms with van der Waals surface area (Å²) in [5.41, 5.74) is 4.22. The van der Waals surface area contributed by atoms with Crippen molar-refractivity contribution < 1.29 is 0 Å². The van der Waals surface area contributed by atoms with Crippen molar-refractivity contribution in [2.24, 2.45) is 0 Å². The van der Waals surface area contributed by atoms with Crippen LogP contribution < -0.4 is 4.90 Å². The lowest BCUT2D eigenvalue weighted by Gasteiger charge is -2.37. The van der Waals surface area contributed by atoms with Crippen LogP contribution >= 0.6 is 0 Å². The Bertz CT molecular complexity index is 657. The molecule has 2 heterocycles. The van der Waals surface area contributed by atoms with Crippen molar-refractivity contribution >= 4 is 5.69 Å². The summed E-state index contributed by atoms with van der Waals surface area (Å²) in [6.07, 6.45) is 3.96. The Balaban J connectivity index is 1.96. The minimum Gasteiger partial charge on any atom is -0.364 e. The second-order valence-electron chi connectivity index (χ2n) is 5.27. The fourth-order valence-corrected chi connectivity index (χ4v) is 2.85. The van der Waals surface area contributed by atoms with E-state index in [2.05, 4.69) is 47.1 Å². The molecule has 3 rings (SSSR count). The van der Waals surface area contributed by atoms with Crippen LogP contribution in [0.4, 0.5) is 5.69 Å². The second kappa shape index (κ2) is 5.34. The van der Waals surface area contributed by atoms with E-state index >= 15 is 0 Å². The highest BCUT2D eigenvalue weighted by Crippen LogP contribution is 2.31. The van der Waals surface area contributed by atoms with E-state index < -0.39 is 0 Å². The van der Waals surface area contributed by atoms with Crippen molar-refractivity contribution in [2.45, 2.75) is 32.4 Å². The van der Waals surface area contributed by atoms with Crippen LogP contribution in [-0.2, 0) is 13.0 Å². The number of aryl methyl sites for hydroxylation is 1. The summed E-state index contributed by atoms with van der Waals surface area (Å²) < 4.78 is 0. The minimum absolute atomic E-state index is 0.483. The third-order valence-electron chi connectivity index (χ3n) is 4.00. The summed E-state index contributed by atoms with van der Waals surface area (Å²) in [6.45, 7) is 2.99. The molecule has 0 saturated heterocycles. The molecule has 0 aliphatic carbocycles. The zero-order chi connectivity index (χ0) is 13.9. The van der Waals surface area contributed by atoms with Crippen molar-refractivity contribution in [1.29, 1.82) is 5.26 Å². The largest absolute Gasteiger partial charge is 0.364 e. The van der Waals surface area contributed by atoms with Gasteiger partial charge in [-0.05, 0) is 37.5 Å². The molecule has 0 radical (unpaired) electrons. The van der Waals surface area contributed by atoms with Crippen molar-refractivity contribution in [3.8, 4) is 6.07 Å². The molecule has 1 aliphatic rings. The molecule has 1 unspecified atom stereocenters. The van der Waals surface area contributed by atoms with Crippen LogP contribution in [0.1, 0.15) is 30.2 Å². The Hall–Kier alpha value is -2.34. The average molecular weight is 263 g/mol. The molecule has 1 aliphatic heterocycles. The molecule has 1 aromatic carbocycles. The van der Waals surface area contributed by atoms with Gasteiger partial charge in [-0.2, -0.15) is 5.26 Å². The van der Waals surface area contributed by atoms with Crippen LogP contribution in [0.25, 0.3) is 0 Å². The zero-order valence-electron chi connectivity index (χ0n) is 11.6. The van der Waals surface area contributed by atoms with Crippen LogP contribution in [0.2, 0.25) is 0 Å². The van der Waals surface area contributed by atoms with Gasteiger partial charge >= 0.3 is 0 Å². The first-order chi connectivity index (χ1) is 9.79. The first-order valence-electron chi connectivity index (χ1n) is 6.98. The third-order valence-corrected chi connectivity index (χ3v) is 4.00. The molecule has 2 aromatic rings. The van der Waals surface area contributed by atoms with Gasteiger partial charge in [0, 0.05) is 30.0 Å². The number of nitrogens with zero attached hydrogens (tertiary/aromatic N) is 3. The number of rotatable bonds is 2. The van der Waals surface area contributed by atoms with E-state index in [1.54, 1.807) is 6.20 Å². The molecule has 3 heteroatoms. The lowest BCUT2D eigenvalue weighted by molar-refractivity contribution is 0.559. The van der Waals surface area contributed by atoms with Gasteiger partial charge in [0.1, 0.15) is 11.8 Å². The molecule has 100 valence electrons. The molecule has 3 nitrogen and oxygen atoms in total. The molecule has 1 atom stereocenters. The molecular weight excluding hydrogens is 246 g/mol. The summed E-state index contributed by atoms with van der Waals surface area (Å²) >= 11 is 0. The standard InChI is InChI=1S/C17H17N3/c1-13-8-9-14-5-2-3-7-17(14)20(13)12-15-6-4-10-19-16(15)11-18/h2-7,10,13H,8-9,12H2,1H3. The number of benzene rings is 1. The number of hydrogen-bond acceptors (Lipinski definition) is 3. The SMILES string of the molecule is CC1CCc2ccccc2N1Cc1cccnc1C#N. The van der Waals surface area contributed by atoms with Gasteiger partial charge in [0.05, 0.1) is 0 Å². The normalized spacial score (nSPS) is 17.4. The number of fused-ring (bicyclic) bond motifs is 1. The lowest BCUT2D eigenvalue weighted by atomic mass is 9.96. The van der Waals surface area contributed by atoms with Gasteiger partial charge in [-0.3, -0.25) is 0 Å². The molecule has 0 fully saturated rings. The monoisotopic (exact) mass is 263 g/mol. The molecule has 0 N–H and O–H groups in total. The highest BCUT2D eigenvalue weighted by atomic mass is 15.2. The fraction of sp³-hybridized carbons (Fsp3) is 0.294. The lowest BCUT2D eigenvalue weighted by Crippen LogP contribution is -2.36. The molecule has 1 aromatic heterocycles. The first-order valence-corrected chi connectivity index (χ1v) is 6.98. The highest BCUT2D eigenvalue weighted by molar-refractivity contribution is 5.57. The number of hydrogen-bond donors (Lipinski definition) is 0. The molecular formula is C17H17N3. The molecule has 20 heavy (non-hydrogen) atoms. The van der Waals surface area contributed by atoms with Crippen LogP contribution in [0.3, 0.4) is 0 Å². The topological polar surface area (TPSA) is 39.9 Å². The second-order valence-corrected chi connectivity index (χ2v) is 5.27. The Morgan fingerprint density at radius 3 is 3.00 bits per heavy atom. The van der Waals surface area contributed by atoms with Crippen LogP contribution in [0, 0.1) is 11.3 Å². The van der Waals surface area contributed by atoms with Gasteiger partial charge in [-0.15, -0.1) is 0 Å². The van der Waals surface area contributed by atoms with E-state index in [9.17, 15) is 5.26 Å². The minimum atomic E-state index is 0.483. The maximum absolute atomic E-state index is 9.18. The smallest absolute Gasteiger partial charge is 0.145 e. The fourth-order valence-electron chi connectivity index (χ4n) is 2.85. The summed E-state index contributed by atoms with van der Waals surface area (Å²) in [6, 6.07) is 15.1. The first kappa shape index (κ1) is 12.7. The van der Waals surface area contributed by atoms with Crippen molar-refractivity contribution in [2.75, 3.05) is 4.90 Å². The number of para-hydroxylation sites is 1. The maximum atomic E-state index is 9.18. The summed E-state index contributed by atoms with van der Waals surface area (Å²) in [7, 11) is 0. The Morgan fingerprint density at radius 1 is 1.30 bits per heavy atom. The van der Waals surface area contributed by atoms with E-state index in [0.29, 0.717) is 11.7 Å². The highest BCUT2D eigenvalue weighted by Gasteiger charge is 2.23. The van der Waals surface area contributed by atoms with Gasteiger partial charge < -0.3 is 4.90 Å². The zero-order valence-corrected chi connectivity index (χ0v) is 11.6.